The number of hydrogen-bond acceptors (Lipinski definition) is 4. The van der Waals surface area contributed by atoms with E-state index in [1.165, 1.54) is 6.39 Å². The SMILES string of the molecule is CC(CN)C(=O)NCc1ccc2ncoc2c1. The number of benzene rings is 1. The number of amides is 1. The molecular weight excluding hydrogens is 218 g/mol. The van der Waals surface area contributed by atoms with Crippen molar-refractivity contribution in [3.63, 3.8) is 0 Å². The Hall–Kier alpha value is -1.88. The molecule has 1 unspecified atom stereocenters. The maximum atomic E-state index is 11.5. The highest BCUT2D eigenvalue weighted by molar-refractivity contribution is 5.78. The standard InChI is InChI=1S/C12H15N3O2/c1-8(5-13)12(16)14-6-9-2-3-10-11(4-9)17-7-15-10/h2-4,7-8H,5-6,13H2,1H3,(H,14,16). The lowest BCUT2D eigenvalue weighted by atomic mass is 10.1. The summed E-state index contributed by atoms with van der Waals surface area (Å²) in [4.78, 5) is 15.6. The Morgan fingerprint density at radius 1 is 1.59 bits per heavy atom. The minimum Gasteiger partial charge on any atom is -0.443 e. The Labute approximate surface area is 99.0 Å². The minimum absolute atomic E-state index is 0.0369. The number of aromatic nitrogens is 1. The highest BCUT2D eigenvalue weighted by Gasteiger charge is 2.10. The summed E-state index contributed by atoms with van der Waals surface area (Å²) in [5.74, 6) is -0.200. The van der Waals surface area contributed by atoms with Crippen molar-refractivity contribution in [3.05, 3.63) is 30.2 Å². The van der Waals surface area contributed by atoms with E-state index in [9.17, 15) is 4.79 Å². The molecule has 0 radical (unpaired) electrons. The second-order valence-corrected chi connectivity index (χ2v) is 4.01. The summed E-state index contributed by atoms with van der Waals surface area (Å²) in [6.45, 7) is 2.63. The van der Waals surface area contributed by atoms with Crippen LogP contribution >= 0.6 is 0 Å². The van der Waals surface area contributed by atoms with Gasteiger partial charge in [0, 0.05) is 19.0 Å². The molecule has 2 aromatic rings. The minimum atomic E-state index is -0.163. The van der Waals surface area contributed by atoms with Crippen LogP contribution in [-0.4, -0.2) is 17.4 Å². The third-order valence-corrected chi connectivity index (χ3v) is 2.66. The predicted octanol–water partition coefficient (Wildman–Crippen LogP) is 1.04. The van der Waals surface area contributed by atoms with E-state index in [1.54, 1.807) is 6.92 Å². The number of carbonyl (C=O) groups is 1. The molecular formula is C12H15N3O2. The first kappa shape index (κ1) is 11.6. The van der Waals surface area contributed by atoms with Gasteiger partial charge in [0.2, 0.25) is 5.91 Å². The van der Waals surface area contributed by atoms with Gasteiger partial charge in [-0.2, -0.15) is 0 Å². The maximum Gasteiger partial charge on any atom is 0.224 e. The van der Waals surface area contributed by atoms with Gasteiger partial charge < -0.3 is 15.5 Å². The summed E-state index contributed by atoms with van der Waals surface area (Å²) in [6.07, 6.45) is 1.41. The highest BCUT2D eigenvalue weighted by Crippen LogP contribution is 2.14. The fraction of sp³-hybridized carbons (Fsp3) is 0.333. The van der Waals surface area contributed by atoms with Gasteiger partial charge in [0.1, 0.15) is 5.52 Å². The van der Waals surface area contributed by atoms with E-state index in [-0.39, 0.29) is 11.8 Å². The molecule has 0 saturated heterocycles. The number of nitrogens with zero attached hydrogens (tertiary/aromatic N) is 1. The number of oxazole rings is 1. The molecule has 1 aromatic heterocycles. The van der Waals surface area contributed by atoms with Crippen molar-refractivity contribution < 1.29 is 9.21 Å². The van der Waals surface area contributed by atoms with Crippen LogP contribution in [0, 0.1) is 5.92 Å². The van der Waals surface area contributed by atoms with Crippen LogP contribution in [0.2, 0.25) is 0 Å². The van der Waals surface area contributed by atoms with Crippen LogP contribution in [-0.2, 0) is 11.3 Å². The number of rotatable bonds is 4. The van der Waals surface area contributed by atoms with Crippen LogP contribution in [0.4, 0.5) is 0 Å². The lowest BCUT2D eigenvalue weighted by Gasteiger charge is -2.09. The molecule has 1 aromatic carbocycles. The monoisotopic (exact) mass is 233 g/mol. The number of fused-ring (bicyclic) bond motifs is 1. The van der Waals surface area contributed by atoms with E-state index in [0.29, 0.717) is 13.1 Å². The molecule has 5 heteroatoms. The highest BCUT2D eigenvalue weighted by atomic mass is 16.3. The van der Waals surface area contributed by atoms with Gasteiger partial charge >= 0.3 is 0 Å². The summed E-state index contributed by atoms with van der Waals surface area (Å²) in [6, 6.07) is 5.65. The van der Waals surface area contributed by atoms with Gasteiger partial charge in [-0.05, 0) is 17.7 Å². The first-order valence-electron chi connectivity index (χ1n) is 5.50. The van der Waals surface area contributed by atoms with Crippen molar-refractivity contribution in [3.8, 4) is 0 Å². The number of nitrogens with two attached hydrogens (primary N) is 1. The lowest BCUT2D eigenvalue weighted by Crippen LogP contribution is -2.32. The van der Waals surface area contributed by atoms with Gasteiger partial charge in [0.05, 0.1) is 0 Å². The second kappa shape index (κ2) is 4.97. The fourth-order valence-corrected chi connectivity index (χ4v) is 1.48. The topological polar surface area (TPSA) is 81.2 Å². The Morgan fingerprint density at radius 3 is 3.18 bits per heavy atom. The summed E-state index contributed by atoms with van der Waals surface area (Å²) >= 11 is 0. The molecule has 1 atom stereocenters. The average Bonchev–Trinajstić information content (AvgIpc) is 2.82. The number of carbonyl (C=O) groups excluding carboxylic acids is 1. The third-order valence-electron chi connectivity index (χ3n) is 2.66. The van der Waals surface area contributed by atoms with Gasteiger partial charge in [-0.1, -0.05) is 13.0 Å². The van der Waals surface area contributed by atoms with Crippen molar-refractivity contribution >= 4 is 17.0 Å². The Morgan fingerprint density at radius 2 is 2.41 bits per heavy atom. The van der Waals surface area contributed by atoms with Gasteiger partial charge in [-0.15, -0.1) is 0 Å². The van der Waals surface area contributed by atoms with E-state index in [1.807, 2.05) is 18.2 Å². The lowest BCUT2D eigenvalue weighted by molar-refractivity contribution is -0.124. The van der Waals surface area contributed by atoms with Gasteiger partial charge in [-0.3, -0.25) is 4.79 Å². The third kappa shape index (κ3) is 2.62. The molecule has 2 rings (SSSR count). The van der Waals surface area contributed by atoms with Crippen molar-refractivity contribution in [1.29, 1.82) is 0 Å². The quantitative estimate of drug-likeness (QED) is 0.826. The molecule has 5 nitrogen and oxygen atoms in total. The van der Waals surface area contributed by atoms with E-state index in [2.05, 4.69) is 10.3 Å². The molecule has 0 aliphatic heterocycles. The second-order valence-electron chi connectivity index (χ2n) is 4.01. The van der Waals surface area contributed by atoms with Crippen LogP contribution in [0.5, 0.6) is 0 Å². The summed E-state index contributed by atoms with van der Waals surface area (Å²) in [5.41, 5.74) is 7.94. The molecule has 0 spiro atoms. The molecule has 3 N–H and O–H groups in total. The van der Waals surface area contributed by atoms with Crippen LogP contribution in [0.1, 0.15) is 12.5 Å². The van der Waals surface area contributed by atoms with Crippen LogP contribution in [0.3, 0.4) is 0 Å². The number of hydrogen-bond donors (Lipinski definition) is 2. The molecule has 0 bridgehead atoms. The zero-order valence-corrected chi connectivity index (χ0v) is 9.64. The Bertz CT molecular complexity index is 521. The number of nitrogens with one attached hydrogen (secondary N) is 1. The van der Waals surface area contributed by atoms with E-state index >= 15 is 0 Å². The fourth-order valence-electron chi connectivity index (χ4n) is 1.48. The molecule has 1 heterocycles. The molecule has 0 aliphatic carbocycles. The molecule has 0 aliphatic rings. The maximum absolute atomic E-state index is 11.5. The van der Waals surface area contributed by atoms with Crippen molar-refractivity contribution in [2.75, 3.05) is 6.54 Å². The smallest absolute Gasteiger partial charge is 0.224 e. The normalized spacial score (nSPS) is 12.6. The van der Waals surface area contributed by atoms with Crippen molar-refractivity contribution in [2.45, 2.75) is 13.5 Å². The van der Waals surface area contributed by atoms with Crippen LogP contribution in [0.15, 0.2) is 29.0 Å². The molecule has 90 valence electrons. The van der Waals surface area contributed by atoms with E-state index < -0.39 is 0 Å². The summed E-state index contributed by atoms with van der Waals surface area (Å²) < 4.78 is 5.19. The zero-order valence-electron chi connectivity index (χ0n) is 9.64. The molecule has 0 saturated carbocycles. The molecule has 0 fully saturated rings. The van der Waals surface area contributed by atoms with Crippen molar-refractivity contribution in [2.24, 2.45) is 11.7 Å². The van der Waals surface area contributed by atoms with Crippen LogP contribution in [0.25, 0.3) is 11.1 Å². The largest absolute Gasteiger partial charge is 0.443 e. The van der Waals surface area contributed by atoms with Gasteiger partial charge in [0.25, 0.3) is 0 Å². The van der Waals surface area contributed by atoms with Gasteiger partial charge in [-0.25, -0.2) is 4.98 Å². The van der Waals surface area contributed by atoms with Crippen LogP contribution < -0.4 is 11.1 Å². The molecule has 1 amide bonds. The summed E-state index contributed by atoms with van der Waals surface area (Å²) in [7, 11) is 0. The Balaban J connectivity index is 2.01. The van der Waals surface area contributed by atoms with Gasteiger partial charge in [0.15, 0.2) is 12.0 Å². The first-order valence-corrected chi connectivity index (χ1v) is 5.50. The average molecular weight is 233 g/mol. The molecule has 17 heavy (non-hydrogen) atoms. The van der Waals surface area contributed by atoms with Crippen molar-refractivity contribution in [1.82, 2.24) is 10.3 Å². The van der Waals surface area contributed by atoms with E-state index in [0.717, 1.165) is 16.7 Å². The first-order chi connectivity index (χ1) is 8.20. The van der Waals surface area contributed by atoms with E-state index in [4.69, 9.17) is 10.2 Å². The summed E-state index contributed by atoms with van der Waals surface area (Å²) in [5, 5.41) is 2.83. The Kier molecular flexibility index (Phi) is 3.39. The predicted molar refractivity (Wildman–Crippen MR) is 64.1 cm³/mol. The zero-order chi connectivity index (χ0) is 12.3.